The van der Waals surface area contributed by atoms with Crippen LogP contribution in [0.2, 0.25) is 10.0 Å². The fourth-order valence-corrected chi connectivity index (χ4v) is 12.0. The van der Waals surface area contributed by atoms with E-state index in [0.717, 1.165) is 65.9 Å². The molecule has 0 radical (unpaired) electrons. The highest BCUT2D eigenvalue weighted by atomic mass is 35.5. The van der Waals surface area contributed by atoms with Crippen LogP contribution in [-0.2, 0) is 9.47 Å². The number of phenols is 1. The molecular formula is C38H44Cl4O4. The number of ether oxygens (including phenoxy) is 3. The summed E-state index contributed by atoms with van der Waals surface area (Å²) in [4.78, 5) is 0.0519. The van der Waals surface area contributed by atoms with Gasteiger partial charge in [-0.15, -0.1) is 23.2 Å². The smallest absolute Gasteiger partial charge is 0.138 e. The third-order valence-corrected chi connectivity index (χ3v) is 13.2. The Hall–Kier alpha value is -1.72. The van der Waals surface area contributed by atoms with Crippen molar-refractivity contribution in [2.24, 2.45) is 35.5 Å². The summed E-state index contributed by atoms with van der Waals surface area (Å²) in [6.07, 6.45) is 11.7. The maximum atomic E-state index is 9.90. The second-order valence-electron chi connectivity index (χ2n) is 14.7. The van der Waals surface area contributed by atoms with Crippen LogP contribution in [0.1, 0.15) is 82.3 Å². The largest absolute Gasteiger partial charge is 0.506 e. The summed E-state index contributed by atoms with van der Waals surface area (Å²) in [5, 5.41) is 10.9. The quantitative estimate of drug-likeness (QED) is 0.240. The van der Waals surface area contributed by atoms with Crippen molar-refractivity contribution in [2.75, 3.05) is 20.8 Å². The molecule has 8 fully saturated rings. The van der Waals surface area contributed by atoms with E-state index < -0.39 is 0 Å². The van der Waals surface area contributed by atoms with Crippen LogP contribution < -0.4 is 4.74 Å². The van der Waals surface area contributed by atoms with Gasteiger partial charge in [0, 0.05) is 20.9 Å². The zero-order valence-corrected chi connectivity index (χ0v) is 29.9. The van der Waals surface area contributed by atoms with Crippen LogP contribution >= 0.6 is 46.4 Å². The molecule has 2 aromatic rings. The molecule has 8 saturated carbocycles. The number of hydrogen-bond acceptors (Lipinski definition) is 4. The van der Waals surface area contributed by atoms with Crippen LogP contribution in [0.3, 0.4) is 0 Å². The fourth-order valence-electron chi connectivity index (χ4n) is 10.5. The number of hydrogen-bond donors (Lipinski definition) is 1. The van der Waals surface area contributed by atoms with Gasteiger partial charge in [-0.1, -0.05) is 23.2 Å². The highest BCUT2D eigenvalue weighted by Gasteiger charge is 2.54. The molecule has 0 amide bonds. The van der Waals surface area contributed by atoms with Gasteiger partial charge < -0.3 is 19.3 Å². The van der Waals surface area contributed by atoms with Gasteiger partial charge >= 0.3 is 0 Å². The van der Waals surface area contributed by atoms with Crippen LogP contribution in [0.4, 0.5) is 0 Å². The molecule has 8 bridgehead atoms. The summed E-state index contributed by atoms with van der Waals surface area (Å²) in [6, 6.07) is 11.3. The van der Waals surface area contributed by atoms with E-state index >= 15 is 0 Å². The summed E-state index contributed by atoms with van der Waals surface area (Å²) < 4.78 is 17.3. The minimum absolute atomic E-state index is 0.0149. The Morgan fingerprint density at radius 1 is 0.696 bits per heavy atom. The minimum atomic E-state index is 0.0149. The summed E-state index contributed by atoms with van der Waals surface area (Å²) in [7, 11) is 3.49. The summed E-state index contributed by atoms with van der Waals surface area (Å²) in [5.74, 6) is 6.51. The first kappa shape index (κ1) is 32.8. The molecule has 4 nitrogen and oxygen atoms in total. The maximum Gasteiger partial charge on any atom is 0.138 e. The molecule has 248 valence electrons. The van der Waals surface area contributed by atoms with Gasteiger partial charge in [-0.3, -0.25) is 0 Å². The molecule has 8 aliphatic rings. The predicted octanol–water partition coefficient (Wildman–Crippen LogP) is 11.1. The molecule has 1 N–H and O–H groups in total. The molecule has 0 heterocycles. The third-order valence-electron chi connectivity index (χ3n) is 11.6. The molecule has 46 heavy (non-hydrogen) atoms. The SMILES string of the molecule is CCOc1cc(C(OC)=C2C3CC4CC2CC(Cl)(C4)C3)ccc1Cl.COC(=C1C2CC3CC1CC(Cl)(C3)C2)c1ccc(Cl)c(O)c1. The molecule has 0 spiro atoms. The van der Waals surface area contributed by atoms with Crippen molar-refractivity contribution in [2.45, 2.75) is 80.9 Å². The number of phenolic OH excluding ortho intramolecular Hbond substituents is 1. The molecule has 8 aliphatic carbocycles. The van der Waals surface area contributed by atoms with Gasteiger partial charge in [-0.25, -0.2) is 0 Å². The molecule has 0 aliphatic heterocycles. The molecule has 4 atom stereocenters. The van der Waals surface area contributed by atoms with Crippen molar-refractivity contribution in [1.82, 2.24) is 0 Å². The topological polar surface area (TPSA) is 47.9 Å². The van der Waals surface area contributed by atoms with E-state index in [0.29, 0.717) is 40.3 Å². The molecular weight excluding hydrogens is 662 g/mol. The lowest BCUT2D eigenvalue weighted by atomic mass is 9.53. The Morgan fingerprint density at radius 3 is 1.52 bits per heavy atom. The van der Waals surface area contributed by atoms with Crippen LogP contribution in [0.15, 0.2) is 47.5 Å². The third kappa shape index (κ3) is 6.03. The van der Waals surface area contributed by atoms with Gasteiger partial charge in [-0.2, -0.15) is 0 Å². The highest BCUT2D eigenvalue weighted by Crippen LogP contribution is 2.63. The maximum absolute atomic E-state index is 9.90. The van der Waals surface area contributed by atoms with E-state index in [1.54, 1.807) is 26.4 Å². The normalized spacial score (nSPS) is 34.7. The van der Waals surface area contributed by atoms with E-state index in [-0.39, 0.29) is 15.5 Å². The second kappa shape index (κ2) is 12.6. The van der Waals surface area contributed by atoms with Crippen molar-refractivity contribution >= 4 is 57.9 Å². The summed E-state index contributed by atoms with van der Waals surface area (Å²) in [5.41, 5.74) is 4.87. The van der Waals surface area contributed by atoms with Gasteiger partial charge in [-0.05, 0) is 154 Å². The van der Waals surface area contributed by atoms with Gasteiger partial charge in [0.15, 0.2) is 0 Å². The predicted molar refractivity (Wildman–Crippen MR) is 188 cm³/mol. The first-order valence-electron chi connectivity index (χ1n) is 16.9. The Bertz CT molecular complexity index is 1530. The lowest BCUT2D eigenvalue weighted by molar-refractivity contribution is 0.0842. The van der Waals surface area contributed by atoms with Gasteiger partial charge in [0.2, 0.25) is 0 Å². The average molecular weight is 707 g/mol. The number of benzene rings is 2. The Balaban J connectivity index is 0.000000147. The summed E-state index contributed by atoms with van der Waals surface area (Å²) >= 11 is 25.9. The standard InChI is InChI=1S/C20H24Cl2O2.C18H20Cl2O2/c1-3-24-17-8-13(4-5-16(17)21)19(23-2)18-14-6-12-7-15(18)11-20(22,9-12)10-14;1-22-17(11-2-3-14(19)15(21)6-11)16-12-4-10-5-13(16)9-18(20,7-10)8-12/h4-5,8,12,14-15H,3,6-7,9-11H2,1-2H3;2-3,6,10,12-13,21H,4-5,7-9H2,1H3. The van der Waals surface area contributed by atoms with Gasteiger partial charge in [0.25, 0.3) is 0 Å². The molecule has 8 heteroatoms. The molecule has 10 rings (SSSR count). The lowest BCUT2D eigenvalue weighted by Crippen LogP contribution is -2.48. The number of halogens is 4. The number of aromatic hydroxyl groups is 1. The van der Waals surface area contributed by atoms with Crippen LogP contribution in [0.5, 0.6) is 11.5 Å². The van der Waals surface area contributed by atoms with Crippen molar-refractivity contribution in [1.29, 1.82) is 0 Å². The van der Waals surface area contributed by atoms with Crippen molar-refractivity contribution in [3.05, 3.63) is 68.7 Å². The fraction of sp³-hybridized carbons (Fsp3) is 0.579. The molecule has 0 aromatic heterocycles. The van der Waals surface area contributed by atoms with Crippen LogP contribution in [-0.4, -0.2) is 35.7 Å². The van der Waals surface area contributed by atoms with Crippen LogP contribution in [0.25, 0.3) is 11.5 Å². The van der Waals surface area contributed by atoms with Crippen LogP contribution in [0, 0.1) is 35.5 Å². The summed E-state index contributed by atoms with van der Waals surface area (Å²) in [6.45, 7) is 2.57. The van der Waals surface area contributed by atoms with Gasteiger partial charge in [0.05, 0.1) is 30.9 Å². The zero-order valence-electron chi connectivity index (χ0n) is 26.9. The number of alkyl halides is 2. The molecule has 4 unspecified atom stereocenters. The first-order valence-corrected chi connectivity index (χ1v) is 18.4. The van der Waals surface area contributed by atoms with E-state index in [4.69, 9.17) is 60.6 Å². The van der Waals surface area contributed by atoms with E-state index in [1.165, 1.54) is 49.7 Å². The number of allylic oxidation sites excluding steroid dienone is 2. The highest BCUT2D eigenvalue weighted by molar-refractivity contribution is 6.32. The van der Waals surface area contributed by atoms with Crippen molar-refractivity contribution in [3.8, 4) is 11.5 Å². The van der Waals surface area contributed by atoms with Gasteiger partial charge in [0.1, 0.15) is 23.0 Å². The van der Waals surface area contributed by atoms with Crippen molar-refractivity contribution in [3.63, 3.8) is 0 Å². The van der Waals surface area contributed by atoms with E-state index in [2.05, 4.69) is 0 Å². The van der Waals surface area contributed by atoms with E-state index in [1.807, 2.05) is 31.2 Å². The number of methoxy groups -OCH3 is 2. The molecule has 2 aromatic carbocycles. The first-order chi connectivity index (χ1) is 22.0. The van der Waals surface area contributed by atoms with Crippen molar-refractivity contribution < 1.29 is 19.3 Å². The zero-order chi connectivity index (χ0) is 32.4. The lowest BCUT2D eigenvalue weighted by Gasteiger charge is -2.55. The molecule has 0 saturated heterocycles. The van der Waals surface area contributed by atoms with E-state index in [9.17, 15) is 5.11 Å². The minimum Gasteiger partial charge on any atom is -0.506 e. The Labute approximate surface area is 293 Å². The average Bonchev–Trinajstić information content (AvgIpc) is 2.98. The Morgan fingerprint density at radius 2 is 1.13 bits per heavy atom. The second-order valence-corrected chi connectivity index (χ2v) is 17.1. The number of rotatable bonds is 6. The Kier molecular flexibility index (Phi) is 9.01. The monoisotopic (exact) mass is 704 g/mol.